The Bertz CT molecular complexity index is 1360. The molecule has 1 saturated heterocycles. The van der Waals surface area contributed by atoms with Gasteiger partial charge in [0, 0.05) is 69.4 Å². The summed E-state index contributed by atoms with van der Waals surface area (Å²) in [4.78, 5) is 35.1. The van der Waals surface area contributed by atoms with E-state index >= 15 is 0 Å². The highest BCUT2D eigenvalue weighted by molar-refractivity contribution is 7.20. The second-order valence-electron chi connectivity index (χ2n) is 8.56. The van der Waals surface area contributed by atoms with Crippen LogP contribution in [0.1, 0.15) is 38.6 Å². The molecule has 5 rings (SSSR count). The van der Waals surface area contributed by atoms with Gasteiger partial charge in [-0.15, -0.1) is 11.3 Å². The number of amides is 1. The lowest BCUT2D eigenvalue weighted by Gasteiger charge is -2.33. The molecule has 1 amide bonds. The van der Waals surface area contributed by atoms with Gasteiger partial charge in [0.25, 0.3) is 5.91 Å². The Kier molecular flexibility index (Phi) is 5.74. The highest BCUT2D eigenvalue weighted by atomic mass is 32.1. The molecule has 0 bridgehead atoms. The number of carbonyl (C=O) groups excluding carboxylic acids is 2. The smallest absolute Gasteiger partial charge is 0.263 e. The Labute approximate surface area is 196 Å². The van der Waals surface area contributed by atoms with Crippen LogP contribution in [-0.2, 0) is 11.3 Å². The third-order valence-electron chi connectivity index (χ3n) is 6.11. The van der Waals surface area contributed by atoms with Crippen molar-refractivity contribution < 1.29 is 14.3 Å². The summed E-state index contributed by atoms with van der Waals surface area (Å²) in [5.74, 6) is -0.0281. The number of morpholine rings is 1. The quantitative estimate of drug-likeness (QED) is 0.455. The van der Waals surface area contributed by atoms with Crippen molar-refractivity contribution in [2.75, 3.05) is 33.8 Å². The number of ether oxygens (including phenoxy) is 1. The molecule has 0 unspecified atom stereocenters. The van der Waals surface area contributed by atoms with Gasteiger partial charge in [-0.1, -0.05) is 24.3 Å². The first-order valence-electron chi connectivity index (χ1n) is 11.0. The van der Waals surface area contributed by atoms with Crippen molar-refractivity contribution in [2.45, 2.75) is 19.6 Å². The van der Waals surface area contributed by atoms with Gasteiger partial charge in [0.15, 0.2) is 0 Å². The van der Waals surface area contributed by atoms with E-state index in [-0.39, 0.29) is 17.9 Å². The van der Waals surface area contributed by atoms with E-state index in [0.29, 0.717) is 24.6 Å². The van der Waals surface area contributed by atoms with Crippen LogP contribution in [0.2, 0.25) is 0 Å². The average Bonchev–Trinajstić information content (AvgIpc) is 3.38. The highest BCUT2D eigenvalue weighted by Crippen LogP contribution is 2.38. The van der Waals surface area contributed by atoms with E-state index in [9.17, 15) is 9.59 Å². The number of aromatic nitrogens is 2. The topological polar surface area (TPSA) is 67.7 Å². The second-order valence-corrected chi connectivity index (χ2v) is 9.55. The minimum absolute atomic E-state index is 0.00128. The minimum Gasteiger partial charge on any atom is -0.371 e. The molecule has 1 aliphatic heterocycles. The molecule has 170 valence electrons. The monoisotopic (exact) mass is 462 g/mol. The van der Waals surface area contributed by atoms with Gasteiger partial charge in [0.05, 0.1) is 18.2 Å². The molecular formula is C25H26N4O3S. The summed E-state index contributed by atoms with van der Waals surface area (Å²) in [7, 11) is 3.53. The van der Waals surface area contributed by atoms with Crippen molar-refractivity contribution in [3.05, 3.63) is 64.8 Å². The largest absolute Gasteiger partial charge is 0.371 e. The van der Waals surface area contributed by atoms with E-state index in [4.69, 9.17) is 4.74 Å². The fraction of sp³-hybridized carbons (Fsp3) is 0.320. The molecule has 4 aromatic rings. The molecule has 0 spiro atoms. The zero-order valence-electron chi connectivity index (χ0n) is 18.9. The SMILES string of the molecule is CC(=O)n1cc(CN2CCO[C@H](c3c(C(=O)N(C)C)sc4ncccc34)C2)c2ccccc21. The zero-order valence-corrected chi connectivity index (χ0v) is 19.8. The lowest BCUT2D eigenvalue weighted by atomic mass is 10.0. The van der Waals surface area contributed by atoms with Crippen LogP contribution in [-0.4, -0.2) is 65.0 Å². The van der Waals surface area contributed by atoms with E-state index in [1.165, 1.54) is 11.3 Å². The highest BCUT2D eigenvalue weighted by Gasteiger charge is 2.31. The van der Waals surface area contributed by atoms with Gasteiger partial charge in [0.2, 0.25) is 5.91 Å². The Balaban J connectivity index is 1.48. The fourth-order valence-electron chi connectivity index (χ4n) is 4.53. The number of para-hydroxylation sites is 1. The van der Waals surface area contributed by atoms with E-state index in [2.05, 4.69) is 16.0 Å². The predicted octanol–water partition coefficient (Wildman–Crippen LogP) is 4.19. The van der Waals surface area contributed by atoms with Crippen molar-refractivity contribution >= 4 is 44.3 Å². The number of fused-ring (bicyclic) bond motifs is 2. The van der Waals surface area contributed by atoms with Crippen LogP contribution in [0.5, 0.6) is 0 Å². The molecule has 0 saturated carbocycles. The summed E-state index contributed by atoms with van der Waals surface area (Å²) in [5.41, 5.74) is 2.97. The molecule has 1 fully saturated rings. The second kappa shape index (κ2) is 8.70. The van der Waals surface area contributed by atoms with E-state index < -0.39 is 0 Å². The van der Waals surface area contributed by atoms with Crippen molar-refractivity contribution in [2.24, 2.45) is 0 Å². The Hall–Kier alpha value is -3.07. The number of rotatable bonds is 4. The van der Waals surface area contributed by atoms with Gasteiger partial charge in [0.1, 0.15) is 9.71 Å². The number of pyridine rings is 1. The van der Waals surface area contributed by atoms with Gasteiger partial charge in [-0.3, -0.25) is 19.1 Å². The Morgan fingerprint density at radius 1 is 1.18 bits per heavy atom. The number of benzene rings is 1. The maximum absolute atomic E-state index is 13.0. The van der Waals surface area contributed by atoms with Crippen LogP contribution in [0.25, 0.3) is 21.1 Å². The van der Waals surface area contributed by atoms with E-state index in [1.807, 2.05) is 36.5 Å². The normalized spacial score (nSPS) is 17.0. The van der Waals surface area contributed by atoms with Crippen LogP contribution in [0.15, 0.2) is 48.8 Å². The molecule has 8 heteroatoms. The predicted molar refractivity (Wildman–Crippen MR) is 130 cm³/mol. The van der Waals surface area contributed by atoms with Crippen LogP contribution >= 0.6 is 11.3 Å². The van der Waals surface area contributed by atoms with E-state index in [1.54, 1.807) is 36.7 Å². The molecule has 0 radical (unpaired) electrons. The molecular weight excluding hydrogens is 436 g/mol. The maximum Gasteiger partial charge on any atom is 0.263 e. The third kappa shape index (κ3) is 3.94. The number of nitrogens with zero attached hydrogens (tertiary/aromatic N) is 4. The van der Waals surface area contributed by atoms with Crippen molar-refractivity contribution in [1.29, 1.82) is 0 Å². The molecule has 0 aliphatic carbocycles. The fourth-order valence-corrected chi connectivity index (χ4v) is 5.75. The van der Waals surface area contributed by atoms with Crippen molar-refractivity contribution in [3.8, 4) is 0 Å². The first-order chi connectivity index (χ1) is 15.9. The summed E-state index contributed by atoms with van der Waals surface area (Å²) < 4.78 is 7.92. The van der Waals surface area contributed by atoms with Gasteiger partial charge in [-0.2, -0.15) is 0 Å². The molecule has 1 atom stereocenters. The molecule has 1 aliphatic rings. The molecule has 4 heterocycles. The molecule has 0 N–H and O–H groups in total. The standard InChI is InChI=1S/C25H26N4O3S/c1-16(30)29-14-17(18-7-4-5-9-20(18)29)13-28-11-12-32-21(15-28)22-19-8-6-10-26-24(19)33-23(22)25(31)27(2)3/h4-10,14,21H,11-13,15H2,1-3H3/t21-/m0/s1. The third-order valence-corrected chi connectivity index (χ3v) is 7.22. The average molecular weight is 463 g/mol. The van der Waals surface area contributed by atoms with Crippen LogP contribution in [0.4, 0.5) is 0 Å². The molecule has 3 aromatic heterocycles. The summed E-state index contributed by atoms with van der Waals surface area (Å²) >= 11 is 1.43. The first-order valence-corrected chi connectivity index (χ1v) is 11.8. The van der Waals surface area contributed by atoms with Gasteiger partial charge < -0.3 is 9.64 Å². The number of carbonyl (C=O) groups is 2. The van der Waals surface area contributed by atoms with Crippen LogP contribution in [0.3, 0.4) is 0 Å². The molecule has 7 nitrogen and oxygen atoms in total. The molecule has 33 heavy (non-hydrogen) atoms. The van der Waals surface area contributed by atoms with E-state index in [0.717, 1.165) is 38.8 Å². The summed E-state index contributed by atoms with van der Waals surface area (Å²) in [6.45, 7) is 4.31. The van der Waals surface area contributed by atoms with Crippen molar-refractivity contribution in [1.82, 2.24) is 19.4 Å². The summed E-state index contributed by atoms with van der Waals surface area (Å²) in [6, 6.07) is 11.9. The van der Waals surface area contributed by atoms with Crippen molar-refractivity contribution in [3.63, 3.8) is 0 Å². The summed E-state index contributed by atoms with van der Waals surface area (Å²) in [5, 5.41) is 2.07. The van der Waals surface area contributed by atoms with Gasteiger partial charge in [-0.05, 0) is 17.7 Å². The van der Waals surface area contributed by atoms with Gasteiger partial charge >= 0.3 is 0 Å². The Morgan fingerprint density at radius 2 is 1.97 bits per heavy atom. The Morgan fingerprint density at radius 3 is 2.76 bits per heavy atom. The van der Waals surface area contributed by atoms with Crippen LogP contribution in [0, 0.1) is 0 Å². The minimum atomic E-state index is -0.225. The number of thiophene rings is 1. The maximum atomic E-state index is 13.0. The summed E-state index contributed by atoms with van der Waals surface area (Å²) in [6.07, 6.45) is 3.48. The first kappa shape index (κ1) is 21.8. The lowest BCUT2D eigenvalue weighted by molar-refractivity contribution is -0.0322. The zero-order chi connectivity index (χ0) is 23.1. The molecule has 1 aromatic carbocycles. The number of hydrogen-bond donors (Lipinski definition) is 0. The lowest BCUT2D eigenvalue weighted by Crippen LogP contribution is -2.38. The number of hydrogen-bond acceptors (Lipinski definition) is 6. The van der Waals surface area contributed by atoms with Gasteiger partial charge in [-0.25, -0.2) is 4.98 Å². The van der Waals surface area contributed by atoms with Crippen LogP contribution < -0.4 is 0 Å².